The van der Waals surface area contributed by atoms with Crippen LogP contribution in [0.15, 0.2) is 12.7 Å². The third-order valence-electron chi connectivity index (χ3n) is 1.72. The smallest absolute Gasteiger partial charge is 0.425 e. The Morgan fingerprint density at radius 3 is 2.05 bits per heavy atom. The summed E-state index contributed by atoms with van der Waals surface area (Å²) in [5, 5.41) is 0. The lowest BCUT2D eigenvalue weighted by Gasteiger charge is -2.29. The molecule has 0 aromatic rings. The predicted molar refractivity (Wildman–Crippen MR) is 47.6 cm³/mol. The molecule has 0 radical (unpaired) electrons. The molecule has 0 spiro atoms. The minimum Gasteiger partial charge on any atom is -0.433 e. The number of carbonyl (C=O) groups is 1. The van der Waals surface area contributed by atoms with Crippen molar-refractivity contribution in [1.29, 1.82) is 0 Å². The molecule has 112 valence electrons. The summed E-state index contributed by atoms with van der Waals surface area (Å²) in [6.45, 7) is 3.50. The highest BCUT2D eigenvalue weighted by atomic mass is 19.3. The van der Waals surface area contributed by atoms with Gasteiger partial charge in [0.05, 0.1) is 0 Å². The van der Waals surface area contributed by atoms with Crippen molar-refractivity contribution in [3.8, 4) is 0 Å². The molecular weight excluding hydrogens is 289 g/mol. The van der Waals surface area contributed by atoms with E-state index in [0.717, 1.165) is 0 Å². The Morgan fingerprint density at radius 2 is 1.68 bits per heavy atom. The van der Waals surface area contributed by atoms with E-state index in [-0.39, 0.29) is 0 Å². The molecule has 3 nitrogen and oxygen atoms in total. The second-order valence-corrected chi connectivity index (χ2v) is 3.20. The minimum atomic E-state index is -5.80. The summed E-state index contributed by atoms with van der Waals surface area (Å²) < 4.78 is 94.3. The molecule has 0 saturated heterocycles. The van der Waals surface area contributed by atoms with E-state index in [1.165, 1.54) is 0 Å². The molecule has 0 bridgehead atoms. The number of esters is 1. The van der Waals surface area contributed by atoms with E-state index >= 15 is 0 Å². The lowest BCUT2D eigenvalue weighted by molar-refractivity contribution is -0.398. The maximum atomic E-state index is 12.9. The molecular formula is C9H9F7O3. The van der Waals surface area contributed by atoms with Crippen molar-refractivity contribution in [2.45, 2.75) is 37.8 Å². The van der Waals surface area contributed by atoms with Crippen LogP contribution in [0.3, 0.4) is 0 Å². The zero-order valence-electron chi connectivity index (χ0n) is 9.39. The Bertz CT molecular complexity index is 332. The summed E-state index contributed by atoms with van der Waals surface area (Å²) in [7, 11) is 0. The fourth-order valence-electron chi connectivity index (χ4n) is 0.842. The van der Waals surface area contributed by atoms with Crippen molar-refractivity contribution >= 4 is 5.97 Å². The van der Waals surface area contributed by atoms with E-state index in [0.29, 0.717) is 13.0 Å². The predicted octanol–water partition coefficient (Wildman–Crippen LogP) is 2.91. The zero-order valence-corrected chi connectivity index (χ0v) is 9.39. The number of alkyl halides is 7. The summed E-state index contributed by atoms with van der Waals surface area (Å²) in [4.78, 5) is 10.6. The number of rotatable bonds is 7. The van der Waals surface area contributed by atoms with E-state index in [1.807, 2.05) is 0 Å². The number of halogens is 7. The molecule has 0 aliphatic carbocycles. The van der Waals surface area contributed by atoms with Crippen LogP contribution in [0.4, 0.5) is 30.7 Å². The Labute approximate surface area is 103 Å². The average molecular weight is 298 g/mol. The Kier molecular flexibility index (Phi) is 5.79. The monoisotopic (exact) mass is 298 g/mol. The summed E-state index contributed by atoms with van der Waals surface area (Å²) in [6.07, 6.45) is -16.1. The molecule has 0 heterocycles. The largest absolute Gasteiger partial charge is 0.433 e. The molecule has 0 N–H and O–H groups in total. The second kappa shape index (κ2) is 6.22. The molecule has 0 amide bonds. The van der Waals surface area contributed by atoms with Gasteiger partial charge in [-0.2, -0.15) is 17.6 Å². The molecule has 10 heteroatoms. The van der Waals surface area contributed by atoms with E-state index in [4.69, 9.17) is 0 Å². The Hall–Kier alpha value is -1.32. The molecule has 0 rings (SSSR count). The SMILES string of the molecule is C=CC(=O)OC(C)OC(F)(F)C(F)(F)C(F)C(F)F. The third kappa shape index (κ3) is 4.37. The zero-order chi connectivity index (χ0) is 15.4. The van der Waals surface area contributed by atoms with Crippen molar-refractivity contribution in [1.82, 2.24) is 0 Å². The first-order chi connectivity index (χ1) is 8.45. The van der Waals surface area contributed by atoms with Gasteiger partial charge in [0, 0.05) is 6.08 Å². The number of hydrogen-bond acceptors (Lipinski definition) is 3. The fourth-order valence-corrected chi connectivity index (χ4v) is 0.842. The van der Waals surface area contributed by atoms with Gasteiger partial charge in [-0.3, -0.25) is 4.74 Å². The van der Waals surface area contributed by atoms with Gasteiger partial charge in [0.2, 0.25) is 12.5 Å². The lowest BCUT2D eigenvalue weighted by atomic mass is 10.2. The highest BCUT2D eigenvalue weighted by molar-refractivity contribution is 5.81. The van der Waals surface area contributed by atoms with E-state index in [9.17, 15) is 35.5 Å². The summed E-state index contributed by atoms with van der Waals surface area (Å²) >= 11 is 0. The van der Waals surface area contributed by atoms with Gasteiger partial charge in [-0.15, -0.1) is 0 Å². The van der Waals surface area contributed by atoms with E-state index in [2.05, 4.69) is 16.1 Å². The van der Waals surface area contributed by atoms with Crippen LogP contribution in [0.5, 0.6) is 0 Å². The lowest BCUT2D eigenvalue weighted by Crippen LogP contribution is -2.53. The fraction of sp³-hybridized carbons (Fsp3) is 0.667. The van der Waals surface area contributed by atoms with Gasteiger partial charge in [0.25, 0.3) is 6.43 Å². The summed E-state index contributed by atoms with van der Waals surface area (Å²) in [5.74, 6) is -7.08. The first-order valence-electron chi connectivity index (χ1n) is 4.64. The van der Waals surface area contributed by atoms with Gasteiger partial charge in [0.1, 0.15) is 0 Å². The van der Waals surface area contributed by atoms with Crippen LogP contribution < -0.4 is 0 Å². The quantitative estimate of drug-likeness (QED) is 0.314. The molecule has 0 aliphatic rings. The van der Waals surface area contributed by atoms with Gasteiger partial charge in [-0.1, -0.05) is 6.58 Å². The van der Waals surface area contributed by atoms with Gasteiger partial charge in [-0.05, 0) is 6.92 Å². The average Bonchev–Trinajstić information content (AvgIpc) is 2.26. The van der Waals surface area contributed by atoms with Crippen LogP contribution in [0, 0.1) is 0 Å². The molecule has 0 fully saturated rings. The molecule has 0 aromatic carbocycles. The van der Waals surface area contributed by atoms with Crippen LogP contribution in [0.25, 0.3) is 0 Å². The molecule has 0 aliphatic heterocycles. The minimum absolute atomic E-state index is 0.521. The third-order valence-corrected chi connectivity index (χ3v) is 1.72. The maximum absolute atomic E-state index is 12.9. The highest BCUT2D eigenvalue weighted by Gasteiger charge is 2.66. The molecule has 0 aromatic heterocycles. The maximum Gasteiger partial charge on any atom is 0.425 e. The first-order valence-corrected chi connectivity index (χ1v) is 4.64. The van der Waals surface area contributed by atoms with Crippen molar-refractivity contribution in [2.24, 2.45) is 0 Å². The van der Waals surface area contributed by atoms with Crippen LogP contribution in [0.2, 0.25) is 0 Å². The topological polar surface area (TPSA) is 35.5 Å². The first kappa shape index (κ1) is 17.7. The van der Waals surface area contributed by atoms with Gasteiger partial charge >= 0.3 is 18.0 Å². The molecule has 2 unspecified atom stereocenters. The van der Waals surface area contributed by atoms with E-state index in [1.54, 1.807) is 0 Å². The molecule has 0 saturated carbocycles. The van der Waals surface area contributed by atoms with Crippen molar-refractivity contribution in [2.75, 3.05) is 0 Å². The molecule has 2 atom stereocenters. The summed E-state index contributed by atoms with van der Waals surface area (Å²) in [6, 6.07) is 0. The van der Waals surface area contributed by atoms with Crippen LogP contribution >= 0.6 is 0 Å². The van der Waals surface area contributed by atoms with Crippen molar-refractivity contribution in [3.05, 3.63) is 12.7 Å². The van der Waals surface area contributed by atoms with Crippen LogP contribution in [0.1, 0.15) is 6.92 Å². The van der Waals surface area contributed by atoms with Gasteiger partial charge in [0.15, 0.2) is 0 Å². The van der Waals surface area contributed by atoms with Crippen molar-refractivity contribution < 1.29 is 45.0 Å². The van der Waals surface area contributed by atoms with E-state index < -0.39 is 36.9 Å². The van der Waals surface area contributed by atoms with Crippen LogP contribution in [-0.2, 0) is 14.3 Å². The number of carbonyl (C=O) groups excluding carboxylic acids is 1. The highest BCUT2D eigenvalue weighted by Crippen LogP contribution is 2.42. The second-order valence-electron chi connectivity index (χ2n) is 3.20. The van der Waals surface area contributed by atoms with Crippen LogP contribution in [-0.4, -0.2) is 36.9 Å². The summed E-state index contributed by atoms with van der Waals surface area (Å²) in [5.41, 5.74) is 0. The van der Waals surface area contributed by atoms with Gasteiger partial charge < -0.3 is 4.74 Å². The number of ether oxygens (including phenoxy) is 2. The van der Waals surface area contributed by atoms with Crippen molar-refractivity contribution in [3.63, 3.8) is 0 Å². The van der Waals surface area contributed by atoms with Gasteiger partial charge in [-0.25, -0.2) is 18.0 Å². The Balaban J connectivity index is 4.86. The number of hydrogen-bond donors (Lipinski definition) is 0. The normalized spacial score (nSPS) is 16.1. The molecule has 19 heavy (non-hydrogen) atoms. The Morgan fingerprint density at radius 1 is 1.21 bits per heavy atom. The standard InChI is InChI=1S/C9H9F7O3/c1-3-5(17)18-4(2)19-9(15,16)8(13,14)6(10)7(11)12/h3-4,6-7H,1H2,2H3.